The van der Waals surface area contributed by atoms with Gasteiger partial charge in [-0.15, -0.1) is 13.2 Å². The fraction of sp³-hybridized carbons (Fsp3) is 0.538. The molecule has 0 heterocycles. The van der Waals surface area contributed by atoms with Crippen molar-refractivity contribution < 1.29 is 0 Å². The van der Waals surface area contributed by atoms with E-state index in [4.69, 9.17) is 0 Å². The molecule has 74 valence electrons. The van der Waals surface area contributed by atoms with Crippen LogP contribution in [0.1, 0.15) is 39.5 Å². The number of rotatable bonds is 7. The molecule has 0 aromatic heterocycles. The third-order valence-corrected chi connectivity index (χ3v) is 2.15. The van der Waals surface area contributed by atoms with Crippen LogP contribution in [0.5, 0.6) is 0 Å². The first kappa shape index (κ1) is 12.2. The summed E-state index contributed by atoms with van der Waals surface area (Å²) in [6.07, 6.45) is 11.2. The highest BCUT2D eigenvalue weighted by Gasteiger charge is 2.02. The minimum absolute atomic E-state index is 0.708. The summed E-state index contributed by atoms with van der Waals surface area (Å²) in [5.41, 5.74) is 1.29. The first-order chi connectivity index (χ1) is 6.20. The molecule has 0 rings (SSSR count). The Hall–Kier alpha value is -0.780. The summed E-state index contributed by atoms with van der Waals surface area (Å²) in [5, 5.41) is 0. The Morgan fingerprint density at radius 2 is 2.08 bits per heavy atom. The van der Waals surface area contributed by atoms with Gasteiger partial charge in [-0.2, -0.15) is 0 Å². The molecule has 0 saturated heterocycles. The van der Waals surface area contributed by atoms with Crippen molar-refractivity contribution in [3.63, 3.8) is 0 Å². The van der Waals surface area contributed by atoms with Crippen molar-refractivity contribution in [1.82, 2.24) is 0 Å². The van der Waals surface area contributed by atoms with Crippen LogP contribution < -0.4 is 0 Å². The van der Waals surface area contributed by atoms with Gasteiger partial charge in [0, 0.05) is 0 Å². The summed E-state index contributed by atoms with van der Waals surface area (Å²) in [5.74, 6) is 0.708. The Morgan fingerprint density at radius 1 is 1.38 bits per heavy atom. The standard InChI is InChI=1S/C13H22/c1-5-7-9-13(8-6-2)11-10-12(3)4/h5-6,8,13H,1,3,7,9-11H2,2,4H3. The van der Waals surface area contributed by atoms with Crippen LogP contribution in [0.2, 0.25) is 0 Å². The normalized spacial score (nSPS) is 13.1. The lowest BCUT2D eigenvalue weighted by Gasteiger charge is -2.10. The van der Waals surface area contributed by atoms with Crippen molar-refractivity contribution in [3.05, 3.63) is 37.0 Å². The van der Waals surface area contributed by atoms with Gasteiger partial charge in [-0.3, -0.25) is 0 Å². The number of hydrogen-bond acceptors (Lipinski definition) is 0. The van der Waals surface area contributed by atoms with E-state index < -0.39 is 0 Å². The van der Waals surface area contributed by atoms with E-state index in [1.807, 2.05) is 6.08 Å². The molecule has 1 unspecified atom stereocenters. The van der Waals surface area contributed by atoms with Gasteiger partial charge >= 0.3 is 0 Å². The third kappa shape index (κ3) is 7.58. The first-order valence-corrected chi connectivity index (χ1v) is 5.08. The van der Waals surface area contributed by atoms with E-state index in [1.165, 1.54) is 18.4 Å². The van der Waals surface area contributed by atoms with Gasteiger partial charge < -0.3 is 0 Å². The van der Waals surface area contributed by atoms with Gasteiger partial charge in [0.25, 0.3) is 0 Å². The van der Waals surface area contributed by atoms with E-state index in [1.54, 1.807) is 0 Å². The highest BCUT2D eigenvalue weighted by molar-refractivity contribution is 4.93. The lowest BCUT2D eigenvalue weighted by molar-refractivity contribution is 0.549. The van der Waals surface area contributed by atoms with Crippen LogP contribution in [0.4, 0.5) is 0 Å². The van der Waals surface area contributed by atoms with Crippen molar-refractivity contribution in [3.8, 4) is 0 Å². The maximum atomic E-state index is 3.92. The van der Waals surface area contributed by atoms with Crippen molar-refractivity contribution in [2.45, 2.75) is 39.5 Å². The van der Waals surface area contributed by atoms with Crippen LogP contribution in [0, 0.1) is 5.92 Å². The molecule has 0 aliphatic carbocycles. The fourth-order valence-corrected chi connectivity index (χ4v) is 1.37. The van der Waals surface area contributed by atoms with E-state index in [0.29, 0.717) is 5.92 Å². The molecule has 0 aliphatic rings. The van der Waals surface area contributed by atoms with Crippen molar-refractivity contribution in [2.24, 2.45) is 5.92 Å². The monoisotopic (exact) mass is 178 g/mol. The first-order valence-electron chi connectivity index (χ1n) is 5.08. The molecule has 0 heteroatoms. The molecule has 0 aliphatic heterocycles. The second-order valence-electron chi connectivity index (χ2n) is 3.65. The van der Waals surface area contributed by atoms with Crippen molar-refractivity contribution in [1.29, 1.82) is 0 Å². The highest BCUT2D eigenvalue weighted by atomic mass is 14.1. The minimum Gasteiger partial charge on any atom is -0.103 e. The zero-order valence-corrected chi connectivity index (χ0v) is 9.05. The molecule has 0 saturated carbocycles. The SMILES string of the molecule is C=CCCC(C=CC)CCC(=C)C. The summed E-state index contributed by atoms with van der Waals surface area (Å²) in [6.45, 7) is 11.9. The molecule has 1 atom stereocenters. The second-order valence-corrected chi connectivity index (χ2v) is 3.65. The van der Waals surface area contributed by atoms with Gasteiger partial charge in [0.2, 0.25) is 0 Å². The number of hydrogen-bond donors (Lipinski definition) is 0. The van der Waals surface area contributed by atoms with Crippen LogP contribution in [0.3, 0.4) is 0 Å². The van der Waals surface area contributed by atoms with Crippen LogP contribution in [0.25, 0.3) is 0 Å². The number of allylic oxidation sites excluding steroid dienone is 4. The summed E-state index contributed by atoms with van der Waals surface area (Å²) in [4.78, 5) is 0. The van der Waals surface area contributed by atoms with Crippen molar-refractivity contribution in [2.75, 3.05) is 0 Å². The lowest BCUT2D eigenvalue weighted by atomic mass is 9.95. The van der Waals surface area contributed by atoms with Crippen molar-refractivity contribution >= 4 is 0 Å². The average Bonchev–Trinajstić information content (AvgIpc) is 2.09. The van der Waals surface area contributed by atoms with E-state index >= 15 is 0 Å². The van der Waals surface area contributed by atoms with E-state index in [0.717, 1.165) is 12.8 Å². The molecular formula is C13H22. The second kappa shape index (κ2) is 7.85. The predicted octanol–water partition coefficient (Wildman–Crippen LogP) is 4.50. The lowest BCUT2D eigenvalue weighted by Crippen LogP contribution is -1.96. The molecule has 0 amide bonds. The van der Waals surface area contributed by atoms with Gasteiger partial charge in [0.05, 0.1) is 0 Å². The Bertz CT molecular complexity index is 174. The average molecular weight is 178 g/mol. The smallest absolute Gasteiger partial charge is 0.0228 e. The van der Waals surface area contributed by atoms with E-state index in [2.05, 4.69) is 39.2 Å². The predicted molar refractivity (Wildman–Crippen MR) is 61.8 cm³/mol. The molecule has 0 fully saturated rings. The largest absolute Gasteiger partial charge is 0.103 e. The summed E-state index contributed by atoms with van der Waals surface area (Å²) in [7, 11) is 0. The molecule has 13 heavy (non-hydrogen) atoms. The molecule has 0 N–H and O–H groups in total. The summed E-state index contributed by atoms with van der Waals surface area (Å²) >= 11 is 0. The summed E-state index contributed by atoms with van der Waals surface area (Å²) in [6, 6.07) is 0. The Balaban J connectivity index is 3.79. The van der Waals surface area contributed by atoms with Gasteiger partial charge in [0.15, 0.2) is 0 Å². The molecule has 0 radical (unpaired) electrons. The third-order valence-electron chi connectivity index (χ3n) is 2.15. The molecular weight excluding hydrogens is 156 g/mol. The van der Waals surface area contributed by atoms with E-state index in [-0.39, 0.29) is 0 Å². The molecule has 0 bridgehead atoms. The van der Waals surface area contributed by atoms with Crippen LogP contribution in [0.15, 0.2) is 37.0 Å². The zero-order chi connectivity index (χ0) is 10.1. The van der Waals surface area contributed by atoms with Gasteiger partial charge in [-0.25, -0.2) is 0 Å². The van der Waals surface area contributed by atoms with Crippen LogP contribution in [-0.4, -0.2) is 0 Å². The molecule has 0 nitrogen and oxygen atoms in total. The highest BCUT2D eigenvalue weighted by Crippen LogP contribution is 2.17. The van der Waals surface area contributed by atoms with E-state index in [9.17, 15) is 0 Å². The molecule has 0 spiro atoms. The van der Waals surface area contributed by atoms with Crippen LogP contribution in [-0.2, 0) is 0 Å². The summed E-state index contributed by atoms with van der Waals surface area (Å²) < 4.78 is 0. The quantitative estimate of drug-likeness (QED) is 0.503. The molecule has 0 aromatic rings. The maximum absolute atomic E-state index is 3.92. The van der Waals surface area contributed by atoms with Gasteiger partial charge in [0.1, 0.15) is 0 Å². The topological polar surface area (TPSA) is 0 Å². The van der Waals surface area contributed by atoms with Crippen LogP contribution >= 0.6 is 0 Å². The zero-order valence-electron chi connectivity index (χ0n) is 9.05. The Labute approximate surface area is 83.0 Å². The molecule has 0 aromatic carbocycles. The fourth-order valence-electron chi connectivity index (χ4n) is 1.37. The van der Waals surface area contributed by atoms with Gasteiger partial charge in [-0.05, 0) is 45.4 Å². The Morgan fingerprint density at radius 3 is 2.54 bits per heavy atom. The Kier molecular flexibility index (Phi) is 7.38. The minimum atomic E-state index is 0.708. The van der Waals surface area contributed by atoms with Gasteiger partial charge in [-0.1, -0.05) is 23.8 Å². The maximum Gasteiger partial charge on any atom is -0.0228 e.